The second-order valence-electron chi connectivity index (χ2n) is 12.7. The maximum atomic E-state index is 11.1. The van der Waals surface area contributed by atoms with E-state index in [0.29, 0.717) is 56.3 Å². The Kier molecular flexibility index (Phi) is 24.4. The van der Waals surface area contributed by atoms with Gasteiger partial charge in [-0.15, -0.1) is 0 Å². The van der Waals surface area contributed by atoms with Crippen LogP contribution in [0.4, 0.5) is 0 Å². The van der Waals surface area contributed by atoms with E-state index < -0.39 is 0 Å². The zero-order chi connectivity index (χ0) is 31.2. The molecule has 0 heterocycles. The van der Waals surface area contributed by atoms with E-state index in [1.165, 1.54) is 95.3 Å². The second-order valence-corrected chi connectivity index (χ2v) is 12.7. The molecule has 0 bridgehead atoms. The van der Waals surface area contributed by atoms with E-state index in [1.807, 2.05) is 0 Å². The normalized spacial score (nSPS) is 21.7. The minimum Gasteiger partial charge on any atom is -0.512 e. The van der Waals surface area contributed by atoms with Crippen molar-refractivity contribution in [2.24, 2.45) is 17.8 Å². The Bertz CT molecular complexity index is 776. The zero-order valence-corrected chi connectivity index (χ0v) is 28.3. The molecule has 7 heteroatoms. The summed E-state index contributed by atoms with van der Waals surface area (Å²) < 4.78 is 0. The minimum atomic E-state index is 0. The van der Waals surface area contributed by atoms with Crippen molar-refractivity contribution in [3.8, 4) is 0 Å². The van der Waals surface area contributed by atoms with Crippen molar-refractivity contribution in [1.82, 2.24) is 0 Å². The molecule has 3 aliphatic rings. The van der Waals surface area contributed by atoms with Crippen LogP contribution in [0.25, 0.3) is 0 Å². The molecule has 43 heavy (non-hydrogen) atoms. The van der Waals surface area contributed by atoms with E-state index in [0.717, 1.165) is 19.3 Å². The number of aliphatic hydroxyl groups is 3. The van der Waals surface area contributed by atoms with Gasteiger partial charge in [-0.05, 0) is 37.0 Å². The maximum Gasteiger partial charge on any atom is 3.00 e. The SMILES string of the molecule is CCCCCCC1CC(=O)C=C(O)C1.CCCCCCC1CC(=O)C=C(O)C1.CCCCCCC1CC(=O)C=C(O)C1.[Fe+3]. The smallest absolute Gasteiger partial charge is 0.512 e. The Labute approximate surface area is 272 Å². The van der Waals surface area contributed by atoms with Crippen LogP contribution < -0.4 is 0 Å². The first-order chi connectivity index (χ1) is 20.2. The summed E-state index contributed by atoms with van der Waals surface area (Å²) >= 11 is 0. The molecule has 1 radical (unpaired) electrons. The quantitative estimate of drug-likeness (QED) is 0.121. The van der Waals surface area contributed by atoms with E-state index in [2.05, 4.69) is 20.8 Å². The van der Waals surface area contributed by atoms with Crippen molar-refractivity contribution in [3.05, 3.63) is 35.5 Å². The molecule has 0 spiro atoms. The van der Waals surface area contributed by atoms with Crippen LogP contribution in [0.2, 0.25) is 0 Å². The summed E-state index contributed by atoms with van der Waals surface area (Å²) in [6, 6.07) is 0. The molecule has 0 aromatic heterocycles. The Morgan fingerprint density at radius 3 is 0.930 bits per heavy atom. The van der Waals surface area contributed by atoms with Gasteiger partial charge in [0, 0.05) is 56.8 Å². The van der Waals surface area contributed by atoms with Gasteiger partial charge in [0.1, 0.15) is 0 Å². The van der Waals surface area contributed by atoms with Gasteiger partial charge in [0.05, 0.1) is 17.3 Å². The molecular weight excluding hydrogens is 584 g/mol. The van der Waals surface area contributed by atoms with Crippen LogP contribution in [0.3, 0.4) is 0 Å². The summed E-state index contributed by atoms with van der Waals surface area (Å²) in [6.45, 7) is 6.58. The van der Waals surface area contributed by atoms with Crippen LogP contribution in [0.15, 0.2) is 35.5 Å². The molecule has 0 amide bonds. The van der Waals surface area contributed by atoms with E-state index in [4.69, 9.17) is 0 Å². The van der Waals surface area contributed by atoms with E-state index in [1.54, 1.807) is 0 Å². The van der Waals surface area contributed by atoms with Crippen molar-refractivity contribution in [2.75, 3.05) is 0 Å². The average molecular weight is 645 g/mol. The zero-order valence-electron chi connectivity index (χ0n) is 27.2. The van der Waals surface area contributed by atoms with Crippen LogP contribution >= 0.6 is 0 Å². The predicted octanol–water partition coefficient (Wildman–Crippen LogP) is 10.1. The Hall–Kier alpha value is -1.85. The van der Waals surface area contributed by atoms with Crippen molar-refractivity contribution in [3.63, 3.8) is 0 Å². The predicted molar refractivity (Wildman–Crippen MR) is 172 cm³/mol. The third-order valence-electron chi connectivity index (χ3n) is 8.34. The average Bonchev–Trinajstić information content (AvgIpc) is 2.91. The molecule has 3 rings (SSSR count). The second kappa shape index (κ2) is 25.5. The van der Waals surface area contributed by atoms with Crippen LogP contribution in [-0.4, -0.2) is 32.7 Å². The fraction of sp³-hybridized carbons (Fsp3) is 0.750. The van der Waals surface area contributed by atoms with Gasteiger partial charge in [-0.1, -0.05) is 97.8 Å². The van der Waals surface area contributed by atoms with Crippen LogP contribution in [0.1, 0.15) is 156 Å². The van der Waals surface area contributed by atoms with E-state index >= 15 is 0 Å². The van der Waals surface area contributed by atoms with Gasteiger partial charge in [0.2, 0.25) is 0 Å². The van der Waals surface area contributed by atoms with Crippen molar-refractivity contribution in [1.29, 1.82) is 0 Å². The Balaban J connectivity index is 0.000000608. The first kappa shape index (κ1) is 41.1. The monoisotopic (exact) mass is 644 g/mol. The summed E-state index contributed by atoms with van der Waals surface area (Å²) in [7, 11) is 0. The molecule has 0 aromatic carbocycles. The number of allylic oxidation sites excluding steroid dienone is 6. The van der Waals surface area contributed by atoms with Gasteiger partial charge in [-0.25, -0.2) is 0 Å². The molecule has 3 aliphatic carbocycles. The largest absolute Gasteiger partial charge is 3.00 e. The number of carbonyl (C=O) groups excluding carboxylic acids is 3. The van der Waals surface area contributed by atoms with Crippen LogP contribution in [0.5, 0.6) is 0 Å². The van der Waals surface area contributed by atoms with Crippen molar-refractivity contribution < 1.29 is 46.8 Å². The molecule has 3 unspecified atom stereocenters. The fourth-order valence-corrected chi connectivity index (χ4v) is 6.06. The maximum absolute atomic E-state index is 11.1. The number of rotatable bonds is 15. The standard InChI is InChI=1S/3C12H20O2.Fe/c3*1-2-3-4-5-6-10-7-11(13)9-12(14)8-10;/h3*9-10,13H,2-8H2,1H3;/q;;;+3. The van der Waals surface area contributed by atoms with Gasteiger partial charge in [0.15, 0.2) is 17.3 Å². The van der Waals surface area contributed by atoms with Crippen molar-refractivity contribution >= 4 is 17.3 Å². The van der Waals surface area contributed by atoms with Crippen LogP contribution in [0, 0.1) is 17.8 Å². The number of ketones is 3. The van der Waals surface area contributed by atoms with Crippen LogP contribution in [-0.2, 0) is 31.5 Å². The number of hydrogen-bond acceptors (Lipinski definition) is 6. The van der Waals surface area contributed by atoms with Crippen molar-refractivity contribution in [2.45, 2.75) is 156 Å². The Morgan fingerprint density at radius 1 is 0.465 bits per heavy atom. The number of carbonyl (C=O) groups is 3. The summed E-state index contributed by atoms with van der Waals surface area (Å²) in [5.74, 6) is 2.29. The molecule has 0 aromatic rings. The molecule has 245 valence electrons. The van der Waals surface area contributed by atoms with Gasteiger partial charge in [0.25, 0.3) is 0 Å². The molecule has 0 saturated carbocycles. The topological polar surface area (TPSA) is 112 Å². The molecule has 6 nitrogen and oxygen atoms in total. The summed E-state index contributed by atoms with van der Waals surface area (Å²) in [6.07, 6.45) is 26.3. The van der Waals surface area contributed by atoms with E-state index in [9.17, 15) is 29.7 Å². The summed E-state index contributed by atoms with van der Waals surface area (Å²) in [4.78, 5) is 33.4. The van der Waals surface area contributed by atoms with Gasteiger partial charge >= 0.3 is 17.1 Å². The number of hydrogen-bond donors (Lipinski definition) is 3. The minimum absolute atomic E-state index is 0. The molecule has 3 N–H and O–H groups in total. The summed E-state index contributed by atoms with van der Waals surface area (Å²) in [5, 5.41) is 27.9. The number of unbranched alkanes of at least 4 members (excludes halogenated alkanes) is 9. The molecular formula is C36H60FeO6+3. The fourth-order valence-electron chi connectivity index (χ4n) is 6.06. The van der Waals surface area contributed by atoms with Gasteiger partial charge in [-0.2, -0.15) is 0 Å². The third-order valence-corrected chi connectivity index (χ3v) is 8.34. The third kappa shape index (κ3) is 21.5. The molecule has 0 aliphatic heterocycles. The first-order valence-electron chi connectivity index (χ1n) is 16.9. The van der Waals surface area contributed by atoms with Gasteiger partial charge < -0.3 is 15.3 Å². The first-order valence-corrected chi connectivity index (χ1v) is 16.9. The molecule has 0 saturated heterocycles. The summed E-state index contributed by atoms with van der Waals surface area (Å²) in [5.41, 5.74) is 0. The van der Waals surface area contributed by atoms with E-state index in [-0.39, 0.29) is 51.7 Å². The molecule has 3 atom stereocenters. The Morgan fingerprint density at radius 2 is 0.721 bits per heavy atom. The van der Waals surface area contributed by atoms with Gasteiger partial charge in [-0.3, -0.25) is 14.4 Å². The number of aliphatic hydroxyl groups excluding tert-OH is 3. The molecule has 0 fully saturated rings.